The molecule has 0 saturated carbocycles. The van der Waals surface area contributed by atoms with Gasteiger partial charge in [0.15, 0.2) is 0 Å². The Hall–Kier alpha value is -1.59. The third-order valence-electron chi connectivity index (χ3n) is 4.01. The zero-order valence-corrected chi connectivity index (χ0v) is 12.0. The van der Waals surface area contributed by atoms with Crippen LogP contribution in [0.3, 0.4) is 0 Å². The lowest BCUT2D eigenvalue weighted by Gasteiger charge is -2.29. The normalized spacial score (nSPS) is 20.4. The number of carbonyl (C=O) groups is 3. The standard InChI is InChI=1S/C14H22N2O4/c1-11-4-7-16(8-5-11)13(18)14(19)20-10-9-15-6-2-3-12(15)17/h11H,2-10H2,1H3. The molecule has 0 radical (unpaired) electrons. The van der Waals surface area contributed by atoms with Crippen LogP contribution in [-0.2, 0) is 19.1 Å². The molecular formula is C14H22N2O4. The molecule has 0 spiro atoms. The van der Waals surface area contributed by atoms with Gasteiger partial charge >= 0.3 is 11.9 Å². The number of hydrogen-bond donors (Lipinski definition) is 0. The van der Waals surface area contributed by atoms with Crippen molar-refractivity contribution in [3.05, 3.63) is 0 Å². The molecule has 0 bridgehead atoms. The molecule has 6 nitrogen and oxygen atoms in total. The van der Waals surface area contributed by atoms with Crippen LogP contribution in [0.4, 0.5) is 0 Å². The fourth-order valence-electron chi connectivity index (χ4n) is 2.59. The van der Waals surface area contributed by atoms with Crippen LogP contribution in [0, 0.1) is 5.92 Å². The summed E-state index contributed by atoms with van der Waals surface area (Å²) in [6.07, 6.45) is 3.29. The smallest absolute Gasteiger partial charge is 0.397 e. The fourth-order valence-corrected chi connectivity index (χ4v) is 2.59. The lowest BCUT2D eigenvalue weighted by molar-refractivity contribution is -0.161. The third kappa shape index (κ3) is 3.71. The summed E-state index contributed by atoms with van der Waals surface area (Å²) >= 11 is 0. The molecule has 0 aromatic rings. The molecule has 0 aromatic heterocycles. The SMILES string of the molecule is CC1CCN(C(=O)C(=O)OCCN2CCCC2=O)CC1. The second-order valence-electron chi connectivity index (χ2n) is 5.59. The molecule has 2 aliphatic heterocycles. The number of esters is 1. The van der Waals surface area contributed by atoms with E-state index in [-0.39, 0.29) is 12.5 Å². The molecule has 0 aliphatic carbocycles. The summed E-state index contributed by atoms with van der Waals surface area (Å²) in [7, 11) is 0. The molecule has 2 saturated heterocycles. The van der Waals surface area contributed by atoms with E-state index in [4.69, 9.17) is 4.74 Å². The van der Waals surface area contributed by atoms with Crippen molar-refractivity contribution in [1.29, 1.82) is 0 Å². The summed E-state index contributed by atoms with van der Waals surface area (Å²) in [5, 5.41) is 0. The second-order valence-corrected chi connectivity index (χ2v) is 5.59. The quantitative estimate of drug-likeness (QED) is 0.555. The molecule has 0 N–H and O–H groups in total. The lowest BCUT2D eigenvalue weighted by atomic mass is 9.99. The van der Waals surface area contributed by atoms with E-state index in [1.165, 1.54) is 0 Å². The monoisotopic (exact) mass is 282 g/mol. The Morgan fingerprint density at radius 1 is 1.25 bits per heavy atom. The Bertz CT molecular complexity index is 389. The Morgan fingerprint density at radius 2 is 1.95 bits per heavy atom. The average Bonchev–Trinajstić information content (AvgIpc) is 2.84. The first-order valence-corrected chi connectivity index (χ1v) is 7.31. The number of nitrogens with zero attached hydrogens (tertiary/aromatic N) is 2. The van der Waals surface area contributed by atoms with Crippen molar-refractivity contribution in [2.24, 2.45) is 5.92 Å². The van der Waals surface area contributed by atoms with Crippen molar-refractivity contribution in [1.82, 2.24) is 9.80 Å². The predicted molar refractivity (Wildman–Crippen MR) is 71.8 cm³/mol. The Labute approximate surface area is 119 Å². The van der Waals surface area contributed by atoms with Crippen LogP contribution in [0.5, 0.6) is 0 Å². The van der Waals surface area contributed by atoms with Gasteiger partial charge in [0.2, 0.25) is 5.91 Å². The van der Waals surface area contributed by atoms with E-state index in [1.54, 1.807) is 9.80 Å². The van der Waals surface area contributed by atoms with Crippen molar-refractivity contribution in [3.8, 4) is 0 Å². The summed E-state index contributed by atoms with van der Waals surface area (Å²) in [6.45, 7) is 4.59. The van der Waals surface area contributed by atoms with Crippen molar-refractivity contribution in [3.63, 3.8) is 0 Å². The summed E-state index contributed by atoms with van der Waals surface area (Å²) in [4.78, 5) is 38.1. The van der Waals surface area contributed by atoms with Gasteiger partial charge in [-0.2, -0.15) is 0 Å². The Kier molecular flexibility index (Phi) is 4.98. The predicted octanol–water partition coefficient (Wildman–Crippen LogP) is 0.410. The summed E-state index contributed by atoms with van der Waals surface area (Å²) in [5.74, 6) is -0.649. The number of piperidine rings is 1. The maximum Gasteiger partial charge on any atom is 0.397 e. The van der Waals surface area contributed by atoms with E-state index in [0.29, 0.717) is 38.5 Å². The Balaban J connectivity index is 1.68. The molecule has 2 rings (SSSR count). The van der Waals surface area contributed by atoms with E-state index < -0.39 is 11.9 Å². The number of likely N-dealkylation sites (tertiary alicyclic amines) is 2. The number of carbonyl (C=O) groups excluding carboxylic acids is 3. The van der Waals surface area contributed by atoms with Gasteiger partial charge in [0, 0.05) is 26.1 Å². The van der Waals surface area contributed by atoms with E-state index in [0.717, 1.165) is 19.3 Å². The highest BCUT2D eigenvalue weighted by Crippen LogP contribution is 2.16. The summed E-state index contributed by atoms with van der Waals surface area (Å²) in [6, 6.07) is 0. The highest BCUT2D eigenvalue weighted by molar-refractivity contribution is 6.32. The van der Waals surface area contributed by atoms with E-state index in [1.807, 2.05) is 0 Å². The Morgan fingerprint density at radius 3 is 2.55 bits per heavy atom. The van der Waals surface area contributed by atoms with Crippen molar-refractivity contribution >= 4 is 17.8 Å². The molecule has 6 heteroatoms. The first-order valence-electron chi connectivity index (χ1n) is 7.31. The molecule has 112 valence electrons. The summed E-state index contributed by atoms with van der Waals surface area (Å²) < 4.78 is 4.97. The van der Waals surface area contributed by atoms with Gasteiger partial charge in [-0.05, 0) is 25.2 Å². The van der Waals surface area contributed by atoms with Gasteiger partial charge < -0.3 is 14.5 Å². The number of rotatable bonds is 3. The topological polar surface area (TPSA) is 66.9 Å². The fraction of sp³-hybridized carbons (Fsp3) is 0.786. The average molecular weight is 282 g/mol. The molecule has 2 amide bonds. The molecular weight excluding hydrogens is 260 g/mol. The van der Waals surface area contributed by atoms with Crippen LogP contribution in [0.1, 0.15) is 32.6 Å². The number of hydrogen-bond acceptors (Lipinski definition) is 4. The van der Waals surface area contributed by atoms with Gasteiger partial charge in [-0.3, -0.25) is 9.59 Å². The molecule has 0 unspecified atom stereocenters. The minimum Gasteiger partial charge on any atom is -0.457 e. The van der Waals surface area contributed by atoms with Crippen LogP contribution >= 0.6 is 0 Å². The van der Waals surface area contributed by atoms with E-state index in [9.17, 15) is 14.4 Å². The third-order valence-corrected chi connectivity index (χ3v) is 4.01. The van der Waals surface area contributed by atoms with Crippen LogP contribution < -0.4 is 0 Å². The van der Waals surface area contributed by atoms with E-state index >= 15 is 0 Å². The van der Waals surface area contributed by atoms with E-state index in [2.05, 4.69) is 6.92 Å². The maximum absolute atomic E-state index is 11.9. The van der Waals surface area contributed by atoms with Crippen LogP contribution in [0.2, 0.25) is 0 Å². The lowest BCUT2D eigenvalue weighted by Crippen LogP contribution is -2.43. The first-order chi connectivity index (χ1) is 9.58. The van der Waals surface area contributed by atoms with Gasteiger partial charge in [-0.1, -0.05) is 6.92 Å². The molecule has 2 heterocycles. The molecule has 0 atom stereocenters. The van der Waals surface area contributed by atoms with Crippen LogP contribution in [0.15, 0.2) is 0 Å². The second kappa shape index (κ2) is 6.72. The zero-order chi connectivity index (χ0) is 14.5. The molecule has 2 aliphatic rings. The van der Waals surface area contributed by atoms with Crippen LogP contribution in [-0.4, -0.2) is 60.4 Å². The number of ether oxygens (including phenoxy) is 1. The van der Waals surface area contributed by atoms with Gasteiger partial charge in [0.1, 0.15) is 6.61 Å². The molecule has 20 heavy (non-hydrogen) atoms. The van der Waals surface area contributed by atoms with Crippen molar-refractivity contribution < 1.29 is 19.1 Å². The zero-order valence-electron chi connectivity index (χ0n) is 12.0. The maximum atomic E-state index is 11.9. The van der Waals surface area contributed by atoms with Crippen molar-refractivity contribution in [2.75, 3.05) is 32.8 Å². The largest absolute Gasteiger partial charge is 0.457 e. The minimum atomic E-state index is -0.800. The van der Waals surface area contributed by atoms with Crippen LogP contribution in [0.25, 0.3) is 0 Å². The van der Waals surface area contributed by atoms with Crippen molar-refractivity contribution in [2.45, 2.75) is 32.6 Å². The molecule has 2 fully saturated rings. The van der Waals surface area contributed by atoms with Gasteiger partial charge in [0.05, 0.1) is 6.54 Å². The van der Waals surface area contributed by atoms with Gasteiger partial charge in [-0.15, -0.1) is 0 Å². The minimum absolute atomic E-state index is 0.0948. The summed E-state index contributed by atoms with van der Waals surface area (Å²) in [5.41, 5.74) is 0. The highest BCUT2D eigenvalue weighted by atomic mass is 16.5. The molecule has 0 aromatic carbocycles. The first kappa shape index (κ1) is 14.8. The van der Waals surface area contributed by atoms with Gasteiger partial charge in [0.25, 0.3) is 0 Å². The highest BCUT2D eigenvalue weighted by Gasteiger charge is 2.27. The number of amides is 2. The van der Waals surface area contributed by atoms with Gasteiger partial charge in [-0.25, -0.2) is 4.79 Å².